The number of nitrogens with zero attached hydrogens (tertiary/aromatic N) is 3. The predicted octanol–water partition coefficient (Wildman–Crippen LogP) is 5.22. The average molecular weight is 537 g/mol. The summed E-state index contributed by atoms with van der Waals surface area (Å²) in [4.78, 5) is 12.4. The molecular formula is C25H21BrN4O3S. The number of rotatable bonds is 8. The van der Waals surface area contributed by atoms with Crippen LogP contribution in [0.2, 0.25) is 0 Å². The van der Waals surface area contributed by atoms with Gasteiger partial charge in [0.25, 0.3) is 0 Å². The highest BCUT2D eigenvalue weighted by molar-refractivity contribution is 9.10. The number of aromatic nitrogens is 3. The van der Waals surface area contributed by atoms with Crippen LogP contribution in [0.3, 0.4) is 0 Å². The van der Waals surface area contributed by atoms with E-state index in [0.29, 0.717) is 24.5 Å². The highest BCUT2D eigenvalue weighted by Crippen LogP contribution is 2.33. The first-order valence-electron chi connectivity index (χ1n) is 10.7. The predicted molar refractivity (Wildman–Crippen MR) is 134 cm³/mol. The number of hydrogen-bond acceptors (Lipinski definition) is 6. The number of fused-ring (bicyclic) bond motifs is 1. The fourth-order valence-electron chi connectivity index (χ4n) is 3.57. The van der Waals surface area contributed by atoms with Crippen molar-refractivity contribution in [2.45, 2.75) is 18.1 Å². The molecule has 5 rings (SSSR count). The molecule has 3 aromatic carbocycles. The van der Waals surface area contributed by atoms with Crippen molar-refractivity contribution < 1.29 is 14.3 Å². The molecule has 34 heavy (non-hydrogen) atoms. The van der Waals surface area contributed by atoms with E-state index < -0.39 is 0 Å². The van der Waals surface area contributed by atoms with Crippen LogP contribution in [0.5, 0.6) is 11.5 Å². The SMILES string of the molecule is O=C(CCSc1nnc(-c2ccccc2Br)n1-c1ccccc1)NCc1ccc2c(c1)OCO2. The average Bonchev–Trinajstić information content (AvgIpc) is 3.50. The largest absolute Gasteiger partial charge is 0.454 e. The summed E-state index contributed by atoms with van der Waals surface area (Å²) < 4.78 is 13.7. The molecule has 1 N–H and O–H groups in total. The molecule has 4 aromatic rings. The molecule has 1 aliphatic heterocycles. The molecule has 0 spiro atoms. The first-order valence-corrected chi connectivity index (χ1v) is 12.5. The summed E-state index contributed by atoms with van der Waals surface area (Å²) in [5, 5.41) is 12.6. The smallest absolute Gasteiger partial charge is 0.231 e. The van der Waals surface area contributed by atoms with Gasteiger partial charge in [-0.2, -0.15) is 0 Å². The van der Waals surface area contributed by atoms with E-state index in [-0.39, 0.29) is 12.7 Å². The van der Waals surface area contributed by atoms with Crippen LogP contribution in [0, 0.1) is 0 Å². The zero-order valence-electron chi connectivity index (χ0n) is 18.1. The van der Waals surface area contributed by atoms with Gasteiger partial charge in [-0.25, -0.2) is 0 Å². The topological polar surface area (TPSA) is 78.3 Å². The lowest BCUT2D eigenvalue weighted by molar-refractivity contribution is -0.120. The molecule has 1 amide bonds. The Morgan fingerprint density at radius 2 is 1.79 bits per heavy atom. The number of ether oxygens (including phenoxy) is 2. The fraction of sp³-hybridized carbons (Fsp3) is 0.160. The molecule has 0 bridgehead atoms. The summed E-state index contributed by atoms with van der Waals surface area (Å²) in [6.45, 7) is 0.672. The van der Waals surface area contributed by atoms with Gasteiger partial charge < -0.3 is 14.8 Å². The van der Waals surface area contributed by atoms with Gasteiger partial charge in [-0.05, 0) is 35.9 Å². The first kappa shape index (κ1) is 22.5. The van der Waals surface area contributed by atoms with Crippen molar-refractivity contribution in [3.05, 3.63) is 82.8 Å². The van der Waals surface area contributed by atoms with E-state index in [9.17, 15) is 4.79 Å². The van der Waals surface area contributed by atoms with Gasteiger partial charge in [-0.1, -0.05) is 70.2 Å². The second-order valence-electron chi connectivity index (χ2n) is 7.52. The maximum Gasteiger partial charge on any atom is 0.231 e. The lowest BCUT2D eigenvalue weighted by Crippen LogP contribution is -2.23. The monoisotopic (exact) mass is 536 g/mol. The summed E-state index contributed by atoms with van der Waals surface area (Å²) in [6.07, 6.45) is 0.362. The zero-order valence-corrected chi connectivity index (χ0v) is 20.5. The van der Waals surface area contributed by atoms with Crippen molar-refractivity contribution in [3.63, 3.8) is 0 Å². The van der Waals surface area contributed by atoms with Crippen molar-refractivity contribution in [2.24, 2.45) is 0 Å². The molecule has 0 saturated heterocycles. The van der Waals surface area contributed by atoms with Crippen molar-refractivity contribution in [3.8, 4) is 28.6 Å². The molecule has 0 radical (unpaired) electrons. The van der Waals surface area contributed by atoms with Crippen LogP contribution < -0.4 is 14.8 Å². The minimum absolute atomic E-state index is 0.0260. The third-order valence-corrected chi connectivity index (χ3v) is 6.87. The van der Waals surface area contributed by atoms with Crippen LogP contribution in [0.1, 0.15) is 12.0 Å². The van der Waals surface area contributed by atoms with Gasteiger partial charge in [0.1, 0.15) is 0 Å². The second-order valence-corrected chi connectivity index (χ2v) is 9.44. The molecular weight excluding hydrogens is 516 g/mol. The number of hydrogen-bond donors (Lipinski definition) is 1. The quantitative estimate of drug-likeness (QED) is 0.311. The van der Waals surface area contributed by atoms with Crippen molar-refractivity contribution in [1.82, 2.24) is 20.1 Å². The van der Waals surface area contributed by atoms with Crippen molar-refractivity contribution in [1.29, 1.82) is 0 Å². The highest BCUT2D eigenvalue weighted by atomic mass is 79.9. The van der Waals surface area contributed by atoms with Gasteiger partial charge in [-0.3, -0.25) is 9.36 Å². The van der Waals surface area contributed by atoms with Crippen LogP contribution >= 0.6 is 27.7 Å². The summed E-state index contributed by atoms with van der Waals surface area (Å²) in [5.74, 6) is 2.74. The van der Waals surface area contributed by atoms with E-state index in [2.05, 4.69) is 31.4 Å². The van der Waals surface area contributed by atoms with Crippen LogP contribution in [0.4, 0.5) is 0 Å². The molecule has 2 heterocycles. The molecule has 0 atom stereocenters. The molecule has 0 aliphatic carbocycles. The molecule has 7 nitrogen and oxygen atoms in total. The Morgan fingerprint density at radius 3 is 2.65 bits per heavy atom. The number of carbonyl (C=O) groups excluding carboxylic acids is 1. The van der Waals surface area contributed by atoms with Gasteiger partial charge >= 0.3 is 0 Å². The van der Waals surface area contributed by atoms with E-state index in [1.807, 2.05) is 77.4 Å². The van der Waals surface area contributed by atoms with E-state index >= 15 is 0 Å². The zero-order chi connectivity index (χ0) is 23.3. The molecule has 0 fully saturated rings. The fourth-order valence-corrected chi connectivity index (χ4v) is 4.92. The first-order chi connectivity index (χ1) is 16.7. The van der Waals surface area contributed by atoms with Crippen LogP contribution in [0.15, 0.2) is 82.4 Å². The van der Waals surface area contributed by atoms with Gasteiger partial charge in [-0.15, -0.1) is 10.2 Å². The number of nitrogens with one attached hydrogen (secondary N) is 1. The van der Waals surface area contributed by atoms with E-state index in [1.54, 1.807) is 0 Å². The number of halogens is 1. The molecule has 1 aliphatic rings. The lowest BCUT2D eigenvalue weighted by atomic mass is 10.2. The molecule has 172 valence electrons. The standard InChI is InChI=1S/C25H21BrN4O3S/c26-20-9-5-4-8-19(20)24-28-29-25(30(24)18-6-2-1-3-7-18)34-13-12-23(31)27-15-17-10-11-21-22(14-17)33-16-32-21/h1-11,14H,12-13,15-16H2,(H,27,31). The number of benzene rings is 3. The maximum atomic E-state index is 12.4. The van der Waals surface area contributed by atoms with Crippen LogP contribution in [0.25, 0.3) is 17.1 Å². The molecule has 9 heteroatoms. The summed E-state index contributed by atoms with van der Waals surface area (Å²) in [6, 6.07) is 23.6. The Bertz CT molecular complexity index is 1310. The number of para-hydroxylation sites is 1. The van der Waals surface area contributed by atoms with E-state index in [4.69, 9.17) is 9.47 Å². The number of carbonyl (C=O) groups is 1. The highest BCUT2D eigenvalue weighted by Gasteiger charge is 2.18. The van der Waals surface area contributed by atoms with Gasteiger partial charge in [0.15, 0.2) is 22.5 Å². The third-order valence-electron chi connectivity index (χ3n) is 5.25. The summed E-state index contributed by atoms with van der Waals surface area (Å²) >= 11 is 5.12. The summed E-state index contributed by atoms with van der Waals surface area (Å²) in [5.41, 5.74) is 2.88. The Balaban J connectivity index is 1.25. The van der Waals surface area contributed by atoms with Crippen molar-refractivity contribution in [2.75, 3.05) is 12.5 Å². The van der Waals surface area contributed by atoms with E-state index in [1.165, 1.54) is 11.8 Å². The maximum absolute atomic E-state index is 12.4. The van der Waals surface area contributed by atoms with E-state index in [0.717, 1.165) is 38.0 Å². The molecule has 1 aromatic heterocycles. The Hall–Kier alpha value is -3.30. The van der Waals surface area contributed by atoms with Gasteiger partial charge in [0, 0.05) is 34.4 Å². The Morgan fingerprint density at radius 1 is 1.00 bits per heavy atom. The van der Waals surface area contributed by atoms with Crippen LogP contribution in [-0.2, 0) is 11.3 Å². The Kier molecular flexibility index (Phi) is 6.82. The van der Waals surface area contributed by atoms with Gasteiger partial charge in [0.2, 0.25) is 12.7 Å². The number of amides is 1. The normalized spacial score (nSPS) is 12.0. The minimum Gasteiger partial charge on any atom is -0.454 e. The molecule has 0 unspecified atom stereocenters. The lowest BCUT2D eigenvalue weighted by Gasteiger charge is -2.11. The molecule has 0 saturated carbocycles. The summed E-state index contributed by atoms with van der Waals surface area (Å²) in [7, 11) is 0. The van der Waals surface area contributed by atoms with Crippen molar-refractivity contribution >= 4 is 33.6 Å². The Labute approximate surface area is 209 Å². The second kappa shape index (κ2) is 10.3. The minimum atomic E-state index is -0.0260. The van der Waals surface area contributed by atoms with Gasteiger partial charge in [0.05, 0.1) is 0 Å². The third kappa shape index (κ3) is 4.95. The number of thioether (sulfide) groups is 1. The van der Waals surface area contributed by atoms with Crippen LogP contribution in [-0.4, -0.2) is 33.2 Å².